The molecule has 1 aliphatic carbocycles. The molecule has 17 heavy (non-hydrogen) atoms. The lowest BCUT2D eigenvalue weighted by molar-refractivity contribution is -0.123. The highest BCUT2D eigenvalue weighted by Gasteiger charge is 2.35. The van der Waals surface area contributed by atoms with Crippen molar-refractivity contribution < 1.29 is 14.6 Å². The predicted molar refractivity (Wildman–Crippen MR) is 61.1 cm³/mol. The van der Waals surface area contributed by atoms with E-state index in [9.17, 15) is 9.90 Å². The molecule has 1 aliphatic heterocycles. The van der Waals surface area contributed by atoms with Gasteiger partial charge in [0.25, 0.3) is 0 Å². The molecule has 3 rings (SSSR count). The van der Waals surface area contributed by atoms with Gasteiger partial charge in [0.2, 0.25) is 17.4 Å². The van der Waals surface area contributed by atoms with Crippen molar-refractivity contribution in [3.63, 3.8) is 0 Å². The summed E-state index contributed by atoms with van der Waals surface area (Å²) in [4.78, 5) is 11.7. The average molecular weight is 231 g/mol. The van der Waals surface area contributed by atoms with Gasteiger partial charge in [-0.15, -0.1) is 0 Å². The number of Topliss-reactive ketones (excluding diaryl/α,β-unsaturated/α-hetero) is 1. The van der Waals surface area contributed by atoms with Gasteiger partial charge in [-0.05, 0) is 30.4 Å². The highest BCUT2D eigenvalue weighted by Crippen LogP contribution is 2.32. The molecule has 2 aliphatic rings. The van der Waals surface area contributed by atoms with E-state index in [1.165, 1.54) is 11.1 Å². The number of nitrogens with two attached hydrogens (primary N) is 1. The SMILES string of the molecule is NC1=C(O)C(=O)C(c2ccc3c(c2)CCC3)O1. The minimum atomic E-state index is -0.777. The summed E-state index contributed by atoms with van der Waals surface area (Å²) < 4.78 is 5.19. The van der Waals surface area contributed by atoms with E-state index in [4.69, 9.17) is 10.5 Å². The molecule has 0 spiro atoms. The number of carbonyl (C=O) groups is 1. The Hall–Kier alpha value is -1.97. The summed E-state index contributed by atoms with van der Waals surface area (Å²) in [6.07, 6.45) is 2.52. The van der Waals surface area contributed by atoms with Gasteiger partial charge in [-0.3, -0.25) is 4.79 Å². The van der Waals surface area contributed by atoms with Crippen LogP contribution in [0.5, 0.6) is 0 Å². The van der Waals surface area contributed by atoms with Crippen molar-refractivity contribution in [2.24, 2.45) is 5.73 Å². The maximum absolute atomic E-state index is 11.7. The van der Waals surface area contributed by atoms with Crippen LogP contribution in [0.4, 0.5) is 0 Å². The van der Waals surface area contributed by atoms with Gasteiger partial charge in [0.15, 0.2) is 6.10 Å². The Morgan fingerprint density at radius 3 is 2.76 bits per heavy atom. The lowest BCUT2D eigenvalue weighted by atomic mass is 10.0. The zero-order valence-electron chi connectivity index (χ0n) is 9.27. The van der Waals surface area contributed by atoms with Crippen LogP contribution in [0.3, 0.4) is 0 Å². The molecule has 0 saturated heterocycles. The second-order valence-electron chi connectivity index (χ2n) is 4.46. The summed E-state index contributed by atoms with van der Waals surface area (Å²) in [6, 6.07) is 5.88. The number of carbonyl (C=O) groups excluding carboxylic acids is 1. The molecule has 1 heterocycles. The van der Waals surface area contributed by atoms with E-state index in [1.807, 2.05) is 18.2 Å². The Balaban J connectivity index is 1.94. The Kier molecular flexibility index (Phi) is 2.11. The van der Waals surface area contributed by atoms with E-state index < -0.39 is 17.6 Å². The molecule has 1 aromatic rings. The zero-order valence-corrected chi connectivity index (χ0v) is 9.27. The fraction of sp³-hybridized carbons (Fsp3) is 0.308. The molecule has 1 atom stereocenters. The van der Waals surface area contributed by atoms with E-state index in [-0.39, 0.29) is 5.88 Å². The second kappa shape index (κ2) is 3.52. The number of ketones is 1. The maximum atomic E-state index is 11.7. The van der Waals surface area contributed by atoms with Crippen LogP contribution in [0, 0.1) is 0 Å². The monoisotopic (exact) mass is 231 g/mol. The number of fused-ring (bicyclic) bond motifs is 1. The molecule has 4 nitrogen and oxygen atoms in total. The molecule has 0 saturated carbocycles. The molecule has 0 fully saturated rings. The standard InChI is InChI=1S/C13H13NO3/c14-13-11(16)10(15)12(17-13)9-5-4-7-2-1-3-8(7)6-9/h4-6,12,16H,1-3,14H2. The Morgan fingerprint density at radius 2 is 2.06 bits per heavy atom. The minimum Gasteiger partial charge on any atom is -0.501 e. The molecule has 1 unspecified atom stereocenters. The van der Waals surface area contributed by atoms with Crippen molar-refractivity contribution in [1.29, 1.82) is 0 Å². The van der Waals surface area contributed by atoms with Crippen LogP contribution >= 0.6 is 0 Å². The Labute approximate surface area is 98.7 Å². The summed E-state index contributed by atoms with van der Waals surface area (Å²) in [6.45, 7) is 0. The first-order chi connectivity index (χ1) is 8.16. The molecular weight excluding hydrogens is 218 g/mol. The van der Waals surface area contributed by atoms with Gasteiger partial charge in [-0.1, -0.05) is 18.2 Å². The van der Waals surface area contributed by atoms with Gasteiger partial charge in [0.05, 0.1) is 0 Å². The molecule has 0 bridgehead atoms. The smallest absolute Gasteiger partial charge is 0.247 e. The molecule has 88 valence electrons. The Bertz CT molecular complexity index is 533. The number of hydrogen-bond acceptors (Lipinski definition) is 4. The summed E-state index contributed by atoms with van der Waals surface area (Å²) in [7, 11) is 0. The van der Waals surface area contributed by atoms with E-state index >= 15 is 0 Å². The third-order valence-corrected chi connectivity index (χ3v) is 3.38. The van der Waals surface area contributed by atoms with Gasteiger partial charge in [-0.2, -0.15) is 0 Å². The minimum absolute atomic E-state index is 0.180. The van der Waals surface area contributed by atoms with Gasteiger partial charge in [0.1, 0.15) is 0 Å². The normalized spacial score (nSPS) is 22.8. The molecule has 1 aromatic carbocycles. The van der Waals surface area contributed by atoms with Crippen molar-refractivity contribution in [1.82, 2.24) is 0 Å². The largest absolute Gasteiger partial charge is 0.501 e. The fourth-order valence-corrected chi connectivity index (χ4v) is 2.46. The first kappa shape index (κ1) is 10.2. The lowest BCUT2D eigenvalue weighted by Crippen LogP contribution is -2.10. The number of rotatable bonds is 1. The molecule has 4 heteroatoms. The van der Waals surface area contributed by atoms with Crippen LogP contribution in [-0.2, 0) is 22.4 Å². The molecule has 0 aromatic heterocycles. The van der Waals surface area contributed by atoms with Crippen LogP contribution in [0.15, 0.2) is 29.8 Å². The van der Waals surface area contributed by atoms with Crippen LogP contribution in [0.25, 0.3) is 0 Å². The lowest BCUT2D eigenvalue weighted by Gasteiger charge is -2.11. The van der Waals surface area contributed by atoms with Gasteiger partial charge in [-0.25, -0.2) is 0 Å². The topological polar surface area (TPSA) is 72.5 Å². The molecule has 0 radical (unpaired) electrons. The summed E-state index contributed by atoms with van der Waals surface area (Å²) >= 11 is 0. The third-order valence-electron chi connectivity index (χ3n) is 3.38. The van der Waals surface area contributed by atoms with Crippen molar-refractivity contribution >= 4 is 5.78 Å². The quantitative estimate of drug-likeness (QED) is 0.768. The number of benzene rings is 1. The van der Waals surface area contributed by atoms with E-state index in [2.05, 4.69) is 0 Å². The zero-order chi connectivity index (χ0) is 12.0. The van der Waals surface area contributed by atoms with Gasteiger partial charge in [0, 0.05) is 5.56 Å². The Morgan fingerprint density at radius 1 is 1.29 bits per heavy atom. The van der Waals surface area contributed by atoms with Gasteiger partial charge >= 0.3 is 0 Å². The van der Waals surface area contributed by atoms with Crippen molar-refractivity contribution in [3.8, 4) is 0 Å². The first-order valence-electron chi connectivity index (χ1n) is 5.68. The average Bonchev–Trinajstić information content (AvgIpc) is 2.89. The number of aliphatic hydroxyl groups excluding tert-OH is 1. The molecule has 3 N–H and O–H groups in total. The maximum Gasteiger partial charge on any atom is 0.247 e. The summed E-state index contributed by atoms with van der Waals surface area (Å²) in [5, 5.41) is 9.37. The van der Waals surface area contributed by atoms with Crippen LogP contribution in [0.1, 0.15) is 29.2 Å². The van der Waals surface area contributed by atoms with E-state index in [0.29, 0.717) is 0 Å². The molecule has 0 amide bonds. The highest BCUT2D eigenvalue weighted by molar-refractivity contribution is 5.99. The second-order valence-corrected chi connectivity index (χ2v) is 4.46. The number of hydrogen-bond donors (Lipinski definition) is 2. The van der Waals surface area contributed by atoms with Crippen LogP contribution in [0.2, 0.25) is 0 Å². The number of ether oxygens (including phenoxy) is 1. The number of aliphatic hydroxyl groups is 1. The first-order valence-corrected chi connectivity index (χ1v) is 5.68. The summed E-state index contributed by atoms with van der Waals surface area (Å²) in [5.74, 6) is -1.10. The van der Waals surface area contributed by atoms with E-state index in [0.717, 1.165) is 24.8 Å². The summed E-state index contributed by atoms with van der Waals surface area (Å²) in [5.41, 5.74) is 8.77. The van der Waals surface area contributed by atoms with Gasteiger partial charge < -0.3 is 15.6 Å². The van der Waals surface area contributed by atoms with Crippen LogP contribution in [-0.4, -0.2) is 10.9 Å². The predicted octanol–water partition coefficient (Wildman–Crippen LogP) is 1.50. The fourth-order valence-electron chi connectivity index (χ4n) is 2.46. The van der Waals surface area contributed by atoms with Crippen molar-refractivity contribution in [3.05, 3.63) is 46.5 Å². The third kappa shape index (κ3) is 1.48. The van der Waals surface area contributed by atoms with Crippen molar-refractivity contribution in [2.45, 2.75) is 25.4 Å². The van der Waals surface area contributed by atoms with Crippen molar-refractivity contribution in [2.75, 3.05) is 0 Å². The van der Waals surface area contributed by atoms with Crippen LogP contribution < -0.4 is 5.73 Å². The highest BCUT2D eigenvalue weighted by atomic mass is 16.5. The molecular formula is C13H13NO3. The number of aryl methyl sites for hydroxylation is 2. The van der Waals surface area contributed by atoms with E-state index in [1.54, 1.807) is 0 Å².